The van der Waals surface area contributed by atoms with Gasteiger partial charge in [-0.3, -0.25) is 0 Å². The van der Waals surface area contributed by atoms with Crippen molar-refractivity contribution in [1.29, 1.82) is 0 Å². The molecule has 0 spiro atoms. The molecule has 3 N–H and O–H groups in total. The highest BCUT2D eigenvalue weighted by Crippen LogP contribution is 2.38. The van der Waals surface area contributed by atoms with E-state index in [1.807, 2.05) is 0 Å². The van der Waals surface area contributed by atoms with Gasteiger partial charge >= 0.3 is 0 Å². The Hall–Kier alpha value is -0.120. The lowest BCUT2D eigenvalue weighted by Gasteiger charge is -2.31. The van der Waals surface area contributed by atoms with Crippen molar-refractivity contribution in [3.63, 3.8) is 0 Å². The summed E-state index contributed by atoms with van der Waals surface area (Å²) < 4.78 is 0. The van der Waals surface area contributed by atoms with Gasteiger partial charge in [0, 0.05) is 19.1 Å². The molecule has 1 aliphatic heterocycles. The van der Waals surface area contributed by atoms with Crippen molar-refractivity contribution in [2.75, 3.05) is 19.6 Å². The van der Waals surface area contributed by atoms with Gasteiger partial charge in [-0.25, -0.2) is 0 Å². The molecule has 0 aromatic rings. The largest absolute Gasteiger partial charge is 0.390 e. The lowest BCUT2D eigenvalue weighted by Crippen LogP contribution is -2.43. The number of likely N-dealkylation sites (tertiary alicyclic amines) is 1. The molecular weight excluding hydrogens is 164 g/mol. The van der Waals surface area contributed by atoms with E-state index in [1.54, 1.807) is 0 Å². The van der Waals surface area contributed by atoms with Crippen LogP contribution in [0.25, 0.3) is 0 Å². The Morgan fingerprint density at radius 1 is 1.46 bits per heavy atom. The van der Waals surface area contributed by atoms with Crippen LogP contribution < -0.4 is 5.73 Å². The molecule has 2 aliphatic rings. The molecule has 2 fully saturated rings. The summed E-state index contributed by atoms with van der Waals surface area (Å²) in [5.74, 6) is 0. The van der Waals surface area contributed by atoms with E-state index in [-0.39, 0.29) is 5.60 Å². The molecule has 13 heavy (non-hydrogen) atoms. The summed E-state index contributed by atoms with van der Waals surface area (Å²) in [6.07, 6.45) is 5.35. The van der Waals surface area contributed by atoms with Crippen molar-refractivity contribution < 1.29 is 5.11 Å². The molecule has 0 radical (unpaired) electrons. The average molecular weight is 184 g/mol. The Kier molecular flexibility index (Phi) is 2.58. The molecule has 0 aromatic heterocycles. The van der Waals surface area contributed by atoms with E-state index < -0.39 is 0 Å². The van der Waals surface area contributed by atoms with Crippen LogP contribution in [0.4, 0.5) is 0 Å². The topological polar surface area (TPSA) is 49.5 Å². The SMILES string of the molecule is NC1CCCN(CCC2(O)CC2)C1. The highest BCUT2D eigenvalue weighted by molar-refractivity contribution is 4.94. The van der Waals surface area contributed by atoms with Crippen LogP contribution in [-0.2, 0) is 0 Å². The number of nitrogens with two attached hydrogens (primary N) is 1. The van der Waals surface area contributed by atoms with Gasteiger partial charge < -0.3 is 15.7 Å². The Morgan fingerprint density at radius 3 is 2.85 bits per heavy atom. The van der Waals surface area contributed by atoms with E-state index in [0.717, 1.165) is 32.4 Å². The van der Waals surface area contributed by atoms with Gasteiger partial charge in [-0.15, -0.1) is 0 Å². The summed E-state index contributed by atoms with van der Waals surface area (Å²) in [6.45, 7) is 3.23. The smallest absolute Gasteiger partial charge is 0.0662 e. The highest BCUT2D eigenvalue weighted by atomic mass is 16.3. The number of aliphatic hydroxyl groups is 1. The maximum atomic E-state index is 9.67. The van der Waals surface area contributed by atoms with Crippen LogP contribution in [0.1, 0.15) is 32.1 Å². The van der Waals surface area contributed by atoms with Crippen LogP contribution in [0.3, 0.4) is 0 Å². The first-order valence-electron chi connectivity index (χ1n) is 5.38. The first-order valence-corrected chi connectivity index (χ1v) is 5.38. The van der Waals surface area contributed by atoms with Crippen LogP contribution >= 0.6 is 0 Å². The summed E-state index contributed by atoms with van der Waals surface area (Å²) in [4.78, 5) is 2.39. The van der Waals surface area contributed by atoms with Crippen molar-refractivity contribution >= 4 is 0 Å². The van der Waals surface area contributed by atoms with E-state index in [0.29, 0.717) is 6.04 Å². The third kappa shape index (κ3) is 2.66. The van der Waals surface area contributed by atoms with Crippen LogP contribution in [0.5, 0.6) is 0 Å². The van der Waals surface area contributed by atoms with Gasteiger partial charge in [-0.05, 0) is 38.6 Å². The van der Waals surface area contributed by atoms with Crippen molar-refractivity contribution in [3.8, 4) is 0 Å². The first kappa shape index (κ1) is 9.44. The molecule has 2 rings (SSSR count). The second-order valence-corrected chi connectivity index (χ2v) is 4.68. The minimum absolute atomic E-state index is 0.290. The third-order valence-electron chi connectivity index (χ3n) is 3.26. The molecule has 1 unspecified atom stereocenters. The van der Waals surface area contributed by atoms with E-state index in [1.165, 1.54) is 19.4 Å². The molecule has 1 saturated heterocycles. The van der Waals surface area contributed by atoms with E-state index in [4.69, 9.17) is 5.73 Å². The summed E-state index contributed by atoms with van der Waals surface area (Å²) in [5, 5.41) is 9.67. The monoisotopic (exact) mass is 184 g/mol. The molecule has 3 nitrogen and oxygen atoms in total. The maximum absolute atomic E-state index is 9.67. The summed E-state index contributed by atoms with van der Waals surface area (Å²) in [5.41, 5.74) is 5.59. The van der Waals surface area contributed by atoms with E-state index in [9.17, 15) is 5.11 Å². The van der Waals surface area contributed by atoms with Crippen molar-refractivity contribution in [1.82, 2.24) is 4.90 Å². The Labute approximate surface area is 79.9 Å². The number of piperidine rings is 1. The molecule has 0 aromatic carbocycles. The van der Waals surface area contributed by atoms with Crippen LogP contribution in [0.15, 0.2) is 0 Å². The summed E-state index contributed by atoms with van der Waals surface area (Å²) in [6, 6.07) is 0.364. The van der Waals surface area contributed by atoms with E-state index >= 15 is 0 Å². The van der Waals surface area contributed by atoms with Crippen LogP contribution in [0, 0.1) is 0 Å². The highest BCUT2D eigenvalue weighted by Gasteiger charge is 2.40. The van der Waals surface area contributed by atoms with Gasteiger partial charge in [0.05, 0.1) is 5.60 Å². The normalized spacial score (nSPS) is 33.2. The molecule has 76 valence electrons. The van der Waals surface area contributed by atoms with Gasteiger partial charge in [0.2, 0.25) is 0 Å². The van der Waals surface area contributed by atoms with Gasteiger partial charge in [0.1, 0.15) is 0 Å². The van der Waals surface area contributed by atoms with Gasteiger partial charge in [0.15, 0.2) is 0 Å². The number of rotatable bonds is 3. The molecular formula is C10H20N2O. The zero-order chi connectivity index (χ0) is 9.31. The second kappa shape index (κ2) is 3.56. The minimum atomic E-state index is -0.290. The number of hydrogen-bond donors (Lipinski definition) is 2. The lowest BCUT2D eigenvalue weighted by molar-refractivity contribution is 0.110. The molecule has 1 saturated carbocycles. The van der Waals surface area contributed by atoms with Gasteiger partial charge in [-0.1, -0.05) is 0 Å². The van der Waals surface area contributed by atoms with Crippen molar-refractivity contribution in [3.05, 3.63) is 0 Å². The van der Waals surface area contributed by atoms with Crippen molar-refractivity contribution in [2.45, 2.75) is 43.7 Å². The molecule has 1 heterocycles. The zero-order valence-electron chi connectivity index (χ0n) is 8.21. The van der Waals surface area contributed by atoms with Crippen molar-refractivity contribution in [2.24, 2.45) is 5.73 Å². The minimum Gasteiger partial charge on any atom is -0.390 e. The fraction of sp³-hybridized carbons (Fsp3) is 1.00. The second-order valence-electron chi connectivity index (χ2n) is 4.68. The molecule has 0 amide bonds. The number of hydrogen-bond acceptors (Lipinski definition) is 3. The standard InChI is InChI=1S/C10H20N2O/c11-9-2-1-6-12(8-9)7-5-10(13)3-4-10/h9,13H,1-8,11H2. The third-order valence-corrected chi connectivity index (χ3v) is 3.26. The quantitative estimate of drug-likeness (QED) is 0.664. The molecule has 1 atom stereocenters. The summed E-state index contributed by atoms with van der Waals surface area (Å²) >= 11 is 0. The molecule has 3 heteroatoms. The fourth-order valence-corrected chi connectivity index (χ4v) is 2.05. The van der Waals surface area contributed by atoms with E-state index in [2.05, 4.69) is 4.90 Å². The Bertz CT molecular complexity index is 180. The molecule has 1 aliphatic carbocycles. The Balaban J connectivity index is 1.68. The zero-order valence-corrected chi connectivity index (χ0v) is 8.21. The fourth-order valence-electron chi connectivity index (χ4n) is 2.05. The van der Waals surface area contributed by atoms with Crippen LogP contribution in [0.2, 0.25) is 0 Å². The predicted molar refractivity (Wildman–Crippen MR) is 52.5 cm³/mol. The Morgan fingerprint density at radius 2 is 2.23 bits per heavy atom. The molecule has 0 bridgehead atoms. The van der Waals surface area contributed by atoms with Gasteiger partial charge in [-0.2, -0.15) is 0 Å². The summed E-state index contributed by atoms with van der Waals surface area (Å²) in [7, 11) is 0. The average Bonchev–Trinajstić information content (AvgIpc) is 2.82. The first-order chi connectivity index (χ1) is 6.18. The number of nitrogens with zero attached hydrogens (tertiary/aromatic N) is 1. The van der Waals surface area contributed by atoms with Crippen LogP contribution in [-0.4, -0.2) is 41.3 Å². The predicted octanol–water partition coefficient (Wildman–Crippen LogP) is 0.324. The van der Waals surface area contributed by atoms with Gasteiger partial charge in [0.25, 0.3) is 0 Å². The maximum Gasteiger partial charge on any atom is 0.0662 e. The lowest BCUT2D eigenvalue weighted by atomic mass is 10.1.